The molecule has 2 atom stereocenters. The van der Waals surface area contributed by atoms with E-state index in [1.165, 1.54) is 11.1 Å². The van der Waals surface area contributed by atoms with E-state index in [2.05, 4.69) is 23.5 Å². The largest absolute Gasteiger partial charge is 0.337 e. The van der Waals surface area contributed by atoms with Gasteiger partial charge in [0.25, 0.3) is 0 Å². The number of amides is 2. The number of nitrogens with zero attached hydrogens (tertiary/aromatic N) is 1. The van der Waals surface area contributed by atoms with Crippen molar-refractivity contribution in [1.29, 1.82) is 0 Å². The Bertz CT molecular complexity index is 687. The molecule has 6 heteroatoms. The molecule has 1 N–H and O–H groups in total. The van der Waals surface area contributed by atoms with E-state index in [0.717, 1.165) is 12.8 Å². The summed E-state index contributed by atoms with van der Waals surface area (Å²) in [6.07, 6.45) is 2.13. The number of aryl methyl sites for hydroxylation is 1. The second-order valence-corrected chi connectivity index (χ2v) is 9.01. The molecule has 3 rings (SSSR count). The first-order valence-corrected chi connectivity index (χ1v) is 10.1. The highest BCUT2D eigenvalue weighted by Gasteiger charge is 2.28. The van der Waals surface area contributed by atoms with Crippen molar-refractivity contribution < 1.29 is 13.2 Å². The maximum atomic E-state index is 12.4. The molecule has 1 heterocycles. The van der Waals surface area contributed by atoms with E-state index in [0.29, 0.717) is 25.6 Å². The van der Waals surface area contributed by atoms with E-state index < -0.39 is 9.84 Å². The van der Waals surface area contributed by atoms with Gasteiger partial charge in [-0.2, -0.15) is 0 Å². The van der Waals surface area contributed by atoms with Crippen LogP contribution in [0.15, 0.2) is 24.3 Å². The number of carbonyl (C=O) groups excluding carboxylic acids is 1. The predicted octanol–water partition coefficient (Wildman–Crippen LogP) is 1.79. The lowest BCUT2D eigenvalue weighted by Crippen LogP contribution is -2.43. The third-order valence-electron chi connectivity index (χ3n) is 4.79. The summed E-state index contributed by atoms with van der Waals surface area (Å²) in [7, 11) is -3.03. The maximum Gasteiger partial charge on any atom is 0.317 e. The van der Waals surface area contributed by atoms with Crippen LogP contribution >= 0.6 is 0 Å². The van der Waals surface area contributed by atoms with Gasteiger partial charge in [-0.15, -0.1) is 0 Å². The summed E-state index contributed by atoms with van der Waals surface area (Å²) in [5.74, 6) is 0.591. The summed E-state index contributed by atoms with van der Waals surface area (Å²) in [6.45, 7) is 3.30. The van der Waals surface area contributed by atoms with Gasteiger partial charge < -0.3 is 10.2 Å². The number of benzene rings is 1. The minimum Gasteiger partial charge on any atom is -0.337 e. The van der Waals surface area contributed by atoms with Crippen molar-refractivity contribution in [2.45, 2.75) is 25.7 Å². The van der Waals surface area contributed by atoms with Gasteiger partial charge in [0.15, 0.2) is 9.84 Å². The Morgan fingerprint density at radius 2 is 2.13 bits per heavy atom. The molecule has 2 amide bonds. The Labute approximate surface area is 138 Å². The van der Waals surface area contributed by atoms with Gasteiger partial charge in [-0.3, -0.25) is 0 Å². The average molecular weight is 336 g/mol. The van der Waals surface area contributed by atoms with Crippen LogP contribution in [-0.4, -0.2) is 50.5 Å². The Balaban J connectivity index is 1.58. The van der Waals surface area contributed by atoms with Crippen molar-refractivity contribution in [2.24, 2.45) is 5.92 Å². The molecule has 0 saturated carbocycles. The molecule has 0 bridgehead atoms. The van der Waals surface area contributed by atoms with Crippen LogP contribution in [0.2, 0.25) is 0 Å². The van der Waals surface area contributed by atoms with E-state index in [1.807, 2.05) is 13.0 Å². The van der Waals surface area contributed by atoms with Crippen LogP contribution in [0, 0.1) is 5.92 Å². The van der Waals surface area contributed by atoms with E-state index >= 15 is 0 Å². The lowest BCUT2D eigenvalue weighted by Gasteiger charge is -2.23. The molecule has 1 aliphatic heterocycles. The molecule has 23 heavy (non-hydrogen) atoms. The molecule has 0 spiro atoms. The molecular weight excluding hydrogens is 312 g/mol. The third kappa shape index (κ3) is 3.86. The van der Waals surface area contributed by atoms with Crippen molar-refractivity contribution in [3.8, 4) is 0 Å². The fourth-order valence-corrected chi connectivity index (χ4v) is 5.29. The van der Waals surface area contributed by atoms with Crippen molar-refractivity contribution in [3.63, 3.8) is 0 Å². The lowest BCUT2D eigenvalue weighted by atomic mass is 10.0. The van der Waals surface area contributed by atoms with Crippen LogP contribution in [0.25, 0.3) is 0 Å². The molecule has 0 radical (unpaired) electrons. The second kappa shape index (κ2) is 6.51. The predicted molar refractivity (Wildman–Crippen MR) is 90.3 cm³/mol. The third-order valence-corrected chi connectivity index (χ3v) is 6.67. The zero-order valence-corrected chi connectivity index (χ0v) is 14.3. The molecule has 1 aromatic rings. The Morgan fingerprint density at radius 3 is 2.96 bits per heavy atom. The highest BCUT2D eigenvalue weighted by Crippen LogP contribution is 2.32. The van der Waals surface area contributed by atoms with Crippen LogP contribution in [0.3, 0.4) is 0 Å². The molecule has 1 aromatic carbocycles. The van der Waals surface area contributed by atoms with E-state index in [9.17, 15) is 13.2 Å². The van der Waals surface area contributed by atoms with Gasteiger partial charge in [0.2, 0.25) is 0 Å². The Morgan fingerprint density at radius 1 is 1.35 bits per heavy atom. The second-order valence-electron chi connectivity index (χ2n) is 6.79. The first-order valence-electron chi connectivity index (χ1n) is 8.25. The SMILES string of the molecule is C[C@H]1CN(C(=O)NC[C@@H]2CCc3ccccc32)CCS(=O)(=O)C1. The van der Waals surface area contributed by atoms with E-state index in [1.54, 1.807) is 4.90 Å². The van der Waals surface area contributed by atoms with Gasteiger partial charge in [-0.25, -0.2) is 13.2 Å². The van der Waals surface area contributed by atoms with Crippen LogP contribution in [-0.2, 0) is 16.3 Å². The Kier molecular flexibility index (Phi) is 4.62. The number of urea groups is 1. The highest BCUT2D eigenvalue weighted by atomic mass is 32.2. The summed E-state index contributed by atoms with van der Waals surface area (Å²) in [5.41, 5.74) is 2.71. The van der Waals surface area contributed by atoms with Crippen LogP contribution < -0.4 is 5.32 Å². The quantitative estimate of drug-likeness (QED) is 0.895. The number of hydrogen-bond acceptors (Lipinski definition) is 3. The minimum absolute atomic E-state index is 0.0135. The molecule has 2 aliphatic rings. The number of nitrogens with one attached hydrogen (secondary N) is 1. The molecule has 126 valence electrons. The van der Waals surface area contributed by atoms with E-state index in [-0.39, 0.29) is 23.5 Å². The number of rotatable bonds is 2. The van der Waals surface area contributed by atoms with Crippen molar-refractivity contribution in [3.05, 3.63) is 35.4 Å². The minimum atomic E-state index is -3.03. The fourth-order valence-electron chi connectivity index (χ4n) is 3.65. The zero-order chi connectivity index (χ0) is 16.4. The first-order chi connectivity index (χ1) is 10.9. The summed E-state index contributed by atoms with van der Waals surface area (Å²) in [6, 6.07) is 8.25. The van der Waals surface area contributed by atoms with Gasteiger partial charge in [0.05, 0.1) is 11.5 Å². The normalized spacial score (nSPS) is 26.4. The number of hydrogen-bond donors (Lipinski definition) is 1. The fraction of sp³-hybridized carbons (Fsp3) is 0.588. The molecule has 0 aromatic heterocycles. The summed E-state index contributed by atoms with van der Waals surface area (Å²) < 4.78 is 23.6. The van der Waals surface area contributed by atoms with Crippen LogP contribution in [0.5, 0.6) is 0 Å². The highest BCUT2D eigenvalue weighted by molar-refractivity contribution is 7.91. The number of carbonyl (C=O) groups is 1. The molecule has 1 fully saturated rings. The van der Waals surface area contributed by atoms with Gasteiger partial charge in [0.1, 0.15) is 0 Å². The average Bonchev–Trinajstić information content (AvgIpc) is 2.85. The molecule has 1 saturated heterocycles. The summed E-state index contributed by atoms with van der Waals surface area (Å²) in [5, 5.41) is 3.00. The van der Waals surface area contributed by atoms with Crippen LogP contribution in [0.4, 0.5) is 4.79 Å². The molecule has 0 unspecified atom stereocenters. The van der Waals surface area contributed by atoms with Crippen molar-refractivity contribution >= 4 is 15.9 Å². The topological polar surface area (TPSA) is 66.5 Å². The molecular formula is C17H24N2O3S. The van der Waals surface area contributed by atoms with Crippen LogP contribution in [0.1, 0.15) is 30.4 Å². The molecule has 5 nitrogen and oxygen atoms in total. The summed E-state index contributed by atoms with van der Waals surface area (Å²) in [4.78, 5) is 14.0. The zero-order valence-electron chi connectivity index (χ0n) is 13.5. The lowest BCUT2D eigenvalue weighted by molar-refractivity contribution is 0.195. The monoisotopic (exact) mass is 336 g/mol. The van der Waals surface area contributed by atoms with Gasteiger partial charge >= 0.3 is 6.03 Å². The standard InChI is InChI=1S/C17H24N2O3S/c1-13-11-19(8-9-23(21,22)12-13)17(20)18-10-15-7-6-14-4-2-3-5-16(14)15/h2-5,13,15H,6-12H2,1H3,(H,18,20)/t13-,15-/m0/s1. The maximum absolute atomic E-state index is 12.4. The van der Waals surface area contributed by atoms with Crippen molar-refractivity contribution in [1.82, 2.24) is 10.2 Å². The summed E-state index contributed by atoms with van der Waals surface area (Å²) >= 11 is 0. The van der Waals surface area contributed by atoms with Gasteiger partial charge in [-0.1, -0.05) is 31.2 Å². The Hall–Kier alpha value is -1.56. The van der Waals surface area contributed by atoms with Crippen molar-refractivity contribution in [2.75, 3.05) is 31.1 Å². The van der Waals surface area contributed by atoms with E-state index in [4.69, 9.17) is 0 Å². The van der Waals surface area contributed by atoms with Gasteiger partial charge in [-0.05, 0) is 29.9 Å². The molecule has 1 aliphatic carbocycles. The smallest absolute Gasteiger partial charge is 0.317 e. The first kappa shape index (κ1) is 16.3. The van der Waals surface area contributed by atoms with Gasteiger partial charge in [0, 0.05) is 25.6 Å². The number of fused-ring (bicyclic) bond motifs is 1. The number of sulfone groups is 1.